The highest BCUT2D eigenvalue weighted by molar-refractivity contribution is 6.31. The van der Waals surface area contributed by atoms with Gasteiger partial charge in [0.25, 0.3) is 0 Å². The van der Waals surface area contributed by atoms with Crippen LogP contribution in [0, 0.1) is 11.8 Å². The van der Waals surface area contributed by atoms with E-state index >= 15 is 0 Å². The molecule has 1 aromatic rings. The van der Waals surface area contributed by atoms with Gasteiger partial charge >= 0.3 is 0 Å². The van der Waals surface area contributed by atoms with Gasteiger partial charge in [0.2, 0.25) is 17.7 Å². The Labute approximate surface area is 162 Å². The van der Waals surface area contributed by atoms with Crippen molar-refractivity contribution >= 4 is 35.0 Å². The van der Waals surface area contributed by atoms with Crippen LogP contribution < -0.4 is 10.6 Å². The van der Waals surface area contributed by atoms with Gasteiger partial charge in [-0.05, 0) is 31.5 Å². The average molecular weight is 392 g/mol. The molecule has 5 atom stereocenters. The van der Waals surface area contributed by atoms with Gasteiger partial charge in [-0.15, -0.1) is 0 Å². The molecule has 7 nitrogen and oxygen atoms in total. The zero-order valence-electron chi connectivity index (χ0n) is 15.2. The molecule has 3 aliphatic heterocycles. The molecule has 0 aliphatic carbocycles. The summed E-state index contributed by atoms with van der Waals surface area (Å²) in [5.74, 6) is -2.77. The van der Waals surface area contributed by atoms with Crippen LogP contribution in [0.4, 0.5) is 5.69 Å². The molecule has 144 valence electrons. The highest BCUT2D eigenvalue weighted by Crippen LogP contribution is 2.53. The van der Waals surface area contributed by atoms with Crippen LogP contribution in [0.5, 0.6) is 0 Å². The van der Waals surface area contributed by atoms with Crippen molar-refractivity contribution in [2.24, 2.45) is 11.8 Å². The number of aliphatic hydroxyl groups excluding tert-OH is 1. The number of nitrogens with one attached hydrogen (secondary N) is 2. The molecule has 0 saturated carbocycles. The lowest BCUT2D eigenvalue weighted by Crippen LogP contribution is -2.54. The van der Waals surface area contributed by atoms with Crippen LogP contribution in [0.3, 0.4) is 0 Å². The number of nitrogens with zero attached hydrogens (tertiary/aromatic N) is 1. The van der Waals surface area contributed by atoms with Crippen LogP contribution in [-0.2, 0) is 19.9 Å². The monoisotopic (exact) mass is 391 g/mol. The molecular formula is C19H22ClN3O4. The van der Waals surface area contributed by atoms with E-state index in [1.54, 1.807) is 25.1 Å². The molecule has 3 aliphatic rings. The molecule has 1 aromatic carbocycles. The average Bonchev–Trinajstić information content (AvgIpc) is 3.20. The molecule has 0 unspecified atom stereocenters. The van der Waals surface area contributed by atoms with Crippen molar-refractivity contribution in [3.05, 3.63) is 28.8 Å². The lowest BCUT2D eigenvalue weighted by Gasteiger charge is -2.30. The van der Waals surface area contributed by atoms with Crippen LogP contribution >= 0.6 is 11.6 Å². The van der Waals surface area contributed by atoms with Gasteiger partial charge in [0.15, 0.2) is 0 Å². The van der Waals surface area contributed by atoms with Crippen molar-refractivity contribution in [2.75, 3.05) is 11.9 Å². The third-order valence-corrected chi connectivity index (χ3v) is 6.19. The Balaban J connectivity index is 1.86. The van der Waals surface area contributed by atoms with Crippen LogP contribution in [0.1, 0.15) is 32.3 Å². The Bertz CT molecular complexity index is 842. The Morgan fingerprint density at radius 2 is 2.04 bits per heavy atom. The Morgan fingerprint density at radius 1 is 1.30 bits per heavy atom. The number of anilines is 1. The number of fused-ring (bicyclic) bond motifs is 4. The predicted octanol–water partition coefficient (Wildman–Crippen LogP) is 1.24. The summed E-state index contributed by atoms with van der Waals surface area (Å²) in [4.78, 5) is 40.6. The van der Waals surface area contributed by atoms with E-state index in [-0.39, 0.29) is 11.8 Å². The first-order chi connectivity index (χ1) is 12.8. The van der Waals surface area contributed by atoms with E-state index in [0.29, 0.717) is 29.2 Å². The lowest BCUT2D eigenvalue weighted by atomic mass is 9.76. The fourth-order valence-corrected chi connectivity index (χ4v) is 4.89. The molecular weight excluding hydrogens is 370 g/mol. The number of imide groups is 1. The van der Waals surface area contributed by atoms with Gasteiger partial charge in [-0.3, -0.25) is 24.6 Å². The Morgan fingerprint density at radius 3 is 2.70 bits per heavy atom. The smallest absolute Gasteiger partial charge is 0.250 e. The maximum atomic E-state index is 13.2. The second-order valence-electron chi connectivity index (χ2n) is 7.55. The maximum absolute atomic E-state index is 13.2. The number of hydrogen-bond acceptors (Lipinski definition) is 5. The van der Waals surface area contributed by atoms with Crippen molar-refractivity contribution in [1.82, 2.24) is 10.2 Å². The van der Waals surface area contributed by atoms with Crippen LogP contribution in [0.2, 0.25) is 5.02 Å². The van der Waals surface area contributed by atoms with Gasteiger partial charge in [0, 0.05) is 28.9 Å². The number of benzene rings is 1. The zero-order valence-corrected chi connectivity index (χ0v) is 15.9. The molecule has 4 rings (SSSR count). The van der Waals surface area contributed by atoms with E-state index in [1.807, 2.05) is 6.92 Å². The number of amides is 3. The summed E-state index contributed by atoms with van der Waals surface area (Å²) in [6.45, 7) is 3.87. The van der Waals surface area contributed by atoms with E-state index in [1.165, 1.54) is 4.90 Å². The number of carbonyl (C=O) groups excluding carboxylic acids is 3. The summed E-state index contributed by atoms with van der Waals surface area (Å²) in [5.41, 5.74) is -0.286. The molecule has 0 bridgehead atoms. The minimum absolute atomic E-state index is 0.322. The van der Waals surface area contributed by atoms with Crippen LogP contribution in [0.25, 0.3) is 0 Å². The first-order valence-electron chi connectivity index (χ1n) is 9.25. The highest BCUT2D eigenvalue weighted by Gasteiger charge is 2.70. The number of aliphatic hydroxyl groups is 1. The topological polar surface area (TPSA) is 98.7 Å². The first-order valence-corrected chi connectivity index (χ1v) is 9.63. The molecule has 2 saturated heterocycles. The summed E-state index contributed by atoms with van der Waals surface area (Å²) in [7, 11) is 0. The van der Waals surface area contributed by atoms with Crippen molar-refractivity contribution in [1.29, 1.82) is 0 Å². The van der Waals surface area contributed by atoms with Crippen molar-refractivity contribution < 1.29 is 19.5 Å². The maximum Gasteiger partial charge on any atom is 0.250 e. The van der Waals surface area contributed by atoms with Crippen molar-refractivity contribution in [2.45, 2.75) is 44.4 Å². The third-order valence-electron chi connectivity index (χ3n) is 5.96. The third kappa shape index (κ3) is 2.38. The SMILES string of the molecule is CCCCN1C(=O)[C@@H]2[C@@H]([C@@H](C)O)N[C@]3(C(=O)Nc4ccc(Cl)cc43)[C@@H]2C1=O. The first kappa shape index (κ1) is 18.4. The lowest BCUT2D eigenvalue weighted by molar-refractivity contribution is -0.143. The number of hydrogen-bond donors (Lipinski definition) is 3. The number of halogens is 1. The van der Waals surface area contributed by atoms with Gasteiger partial charge in [-0.2, -0.15) is 0 Å². The quantitative estimate of drug-likeness (QED) is 0.671. The van der Waals surface area contributed by atoms with E-state index in [9.17, 15) is 19.5 Å². The summed E-state index contributed by atoms with van der Waals surface area (Å²) < 4.78 is 0. The van der Waals surface area contributed by atoms with Gasteiger partial charge < -0.3 is 10.4 Å². The van der Waals surface area contributed by atoms with Gasteiger partial charge in [-0.25, -0.2) is 0 Å². The standard InChI is InChI=1S/C19H22ClN3O4/c1-3-4-7-23-16(25)13-14(17(23)26)19(22-15(13)9(2)24)11-8-10(20)5-6-12(11)21-18(19)27/h5-6,8-9,13-15,22,24H,3-4,7H2,1-2H3,(H,21,27)/t9-,13+,14+,15-,19+/m1/s1. The van der Waals surface area contributed by atoms with Gasteiger partial charge in [0.1, 0.15) is 5.54 Å². The fraction of sp³-hybridized carbons (Fsp3) is 0.526. The summed E-state index contributed by atoms with van der Waals surface area (Å²) >= 11 is 6.16. The van der Waals surface area contributed by atoms with Crippen LogP contribution in [0.15, 0.2) is 18.2 Å². The van der Waals surface area contributed by atoms with E-state index in [0.717, 1.165) is 6.42 Å². The Kier molecular flexibility index (Phi) is 4.29. The molecule has 0 radical (unpaired) electrons. The van der Waals surface area contributed by atoms with Gasteiger partial charge in [0.05, 0.1) is 17.9 Å². The molecule has 3 heterocycles. The molecule has 3 amide bonds. The largest absolute Gasteiger partial charge is 0.392 e. The molecule has 0 aromatic heterocycles. The molecule has 27 heavy (non-hydrogen) atoms. The minimum atomic E-state index is -1.40. The molecule has 1 spiro atoms. The van der Waals surface area contributed by atoms with E-state index in [2.05, 4.69) is 10.6 Å². The fourth-order valence-electron chi connectivity index (χ4n) is 4.71. The minimum Gasteiger partial charge on any atom is -0.392 e. The number of unbranched alkanes of at least 4 members (excludes halogenated alkanes) is 1. The van der Waals surface area contributed by atoms with Gasteiger partial charge in [-0.1, -0.05) is 24.9 Å². The Hall–Kier alpha value is -1.96. The predicted molar refractivity (Wildman–Crippen MR) is 99.0 cm³/mol. The normalized spacial score (nSPS) is 32.8. The van der Waals surface area contributed by atoms with E-state index in [4.69, 9.17) is 11.6 Å². The number of likely N-dealkylation sites (tertiary alicyclic amines) is 1. The highest BCUT2D eigenvalue weighted by atomic mass is 35.5. The molecule has 2 fully saturated rings. The zero-order chi connectivity index (χ0) is 19.5. The summed E-state index contributed by atoms with van der Waals surface area (Å²) in [6.07, 6.45) is 0.635. The van der Waals surface area contributed by atoms with Crippen molar-refractivity contribution in [3.8, 4) is 0 Å². The summed E-state index contributed by atoms with van der Waals surface area (Å²) in [6, 6.07) is 4.30. The van der Waals surface area contributed by atoms with Crippen LogP contribution in [-0.4, -0.2) is 46.4 Å². The van der Waals surface area contributed by atoms with Crippen molar-refractivity contribution in [3.63, 3.8) is 0 Å². The second-order valence-corrected chi connectivity index (χ2v) is 7.98. The number of carbonyl (C=O) groups is 3. The number of rotatable bonds is 4. The van der Waals surface area contributed by atoms with E-state index < -0.39 is 35.4 Å². The molecule has 3 N–H and O–H groups in total. The molecule has 8 heteroatoms. The summed E-state index contributed by atoms with van der Waals surface area (Å²) in [5, 5.41) is 16.7. The second kappa shape index (κ2) is 6.29.